The highest BCUT2D eigenvalue weighted by atomic mass is 19.3. The van der Waals surface area contributed by atoms with Gasteiger partial charge in [-0.3, -0.25) is 4.79 Å². The Hall–Kier alpha value is -1.89. The number of nitrogens with one attached hydrogen (secondary N) is 2. The molecule has 0 radical (unpaired) electrons. The third kappa shape index (κ3) is 4.84. The molecule has 1 aliphatic rings. The molecule has 0 aromatic heterocycles. The molecule has 1 amide bonds. The van der Waals surface area contributed by atoms with Gasteiger partial charge in [0.05, 0.1) is 12.8 Å². The molecule has 0 saturated carbocycles. The number of ether oxygens (including phenoxy) is 2. The third-order valence-corrected chi connectivity index (χ3v) is 3.62. The van der Waals surface area contributed by atoms with Crippen molar-refractivity contribution in [3.63, 3.8) is 0 Å². The average Bonchev–Trinajstić information content (AvgIpc) is 3.00. The number of carbonyl (C=O) groups is 1. The van der Waals surface area contributed by atoms with E-state index >= 15 is 0 Å². The number of carbonyl (C=O) groups excluding carboxylic acids is 1. The first-order valence-corrected chi connectivity index (χ1v) is 7.22. The quantitative estimate of drug-likeness (QED) is 0.812. The summed E-state index contributed by atoms with van der Waals surface area (Å²) in [5.74, 6) is 0.649. The van der Waals surface area contributed by atoms with Gasteiger partial charge in [-0.15, -0.1) is 0 Å². The normalized spacial score (nSPS) is 17.5. The number of benzene rings is 1. The summed E-state index contributed by atoms with van der Waals surface area (Å²) in [6.07, 6.45) is 2.18. The zero-order valence-electron chi connectivity index (χ0n) is 12.4. The van der Waals surface area contributed by atoms with Crippen LogP contribution in [0, 0.1) is 5.92 Å². The van der Waals surface area contributed by atoms with Gasteiger partial charge in [0.25, 0.3) is 0 Å². The van der Waals surface area contributed by atoms with E-state index in [-0.39, 0.29) is 17.3 Å². The standard InChI is InChI=1S/C15H20F2N2O3/c1-21-11-3-4-13(22-15(16)17)12(8-11)19-14(20)5-2-10-6-7-18-9-10/h3-4,8,10,15,18H,2,5-7,9H2,1H3,(H,19,20). The van der Waals surface area contributed by atoms with Crippen molar-refractivity contribution < 1.29 is 23.0 Å². The largest absolute Gasteiger partial charge is 0.497 e. The van der Waals surface area contributed by atoms with Gasteiger partial charge in [-0.1, -0.05) is 0 Å². The van der Waals surface area contributed by atoms with Crippen LogP contribution in [-0.2, 0) is 4.79 Å². The van der Waals surface area contributed by atoms with E-state index in [9.17, 15) is 13.6 Å². The first-order valence-electron chi connectivity index (χ1n) is 7.22. The Kier molecular flexibility index (Phi) is 5.94. The fourth-order valence-electron chi connectivity index (χ4n) is 2.44. The van der Waals surface area contributed by atoms with E-state index in [1.165, 1.54) is 25.3 Å². The molecule has 122 valence electrons. The lowest BCUT2D eigenvalue weighted by molar-refractivity contribution is -0.116. The molecule has 0 aliphatic carbocycles. The summed E-state index contributed by atoms with van der Waals surface area (Å²) in [6.45, 7) is -1.05. The second-order valence-corrected chi connectivity index (χ2v) is 5.19. The van der Waals surface area contributed by atoms with Gasteiger partial charge in [0.15, 0.2) is 0 Å². The van der Waals surface area contributed by atoms with Crippen LogP contribution in [0.1, 0.15) is 19.3 Å². The topological polar surface area (TPSA) is 59.6 Å². The molecule has 1 saturated heterocycles. The summed E-state index contributed by atoms with van der Waals surface area (Å²) in [4.78, 5) is 12.0. The Balaban J connectivity index is 1.97. The fraction of sp³-hybridized carbons (Fsp3) is 0.533. The zero-order valence-corrected chi connectivity index (χ0v) is 12.4. The molecule has 1 aliphatic heterocycles. The van der Waals surface area contributed by atoms with Crippen LogP contribution in [0.2, 0.25) is 0 Å². The molecule has 5 nitrogen and oxygen atoms in total. The van der Waals surface area contributed by atoms with Crippen molar-refractivity contribution in [1.29, 1.82) is 0 Å². The molecule has 1 atom stereocenters. The fourth-order valence-corrected chi connectivity index (χ4v) is 2.44. The lowest BCUT2D eigenvalue weighted by Crippen LogP contribution is -2.16. The molecule has 22 heavy (non-hydrogen) atoms. The van der Waals surface area contributed by atoms with Gasteiger partial charge in [-0.2, -0.15) is 8.78 Å². The molecular formula is C15H20F2N2O3. The van der Waals surface area contributed by atoms with Crippen molar-refractivity contribution in [2.24, 2.45) is 5.92 Å². The van der Waals surface area contributed by atoms with Gasteiger partial charge in [-0.05, 0) is 44.0 Å². The predicted molar refractivity (Wildman–Crippen MR) is 78.5 cm³/mol. The Bertz CT molecular complexity index is 506. The maximum absolute atomic E-state index is 12.4. The van der Waals surface area contributed by atoms with Crippen molar-refractivity contribution in [3.8, 4) is 11.5 Å². The van der Waals surface area contributed by atoms with E-state index in [4.69, 9.17) is 4.74 Å². The number of hydrogen-bond acceptors (Lipinski definition) is 4. The highest BCUT2D eigenvalue weighted by Gasteiger charge is 2.17. The molecule has 7 heteroatoms. The zero-order chi connectivity index (χ0) is 15.9. The van der Waals surface area contributed by atoms with Gasteiger partial charge < -0.3 is 20.1 Å². The van der Waals surface area contributed by atoms with Crippen LogP contribution >= 0.6 is 0 Å². The Labute approximate surface area is 128 Å². The van der Waals surface area contributed by atoms with Crippen molar-refractivity contribution in [2.45, 2.75) is 25.9 Å². The molecule has 1 aromatic rings. The Morgan fingerprint density at radius 1 is 1.50 bits per heavy atom. The highest BCUT2D eigenvalue weighted by Crippen LogP contribution is 2.30. The number of anilines is 1. The smallest absolute Gasteiger partial charge is 0.387 e. The number of amides is 1. The number of alkyl halides is 2. The SMILES string of the molecule is COc1ccc(OC(F)F)c(NC(=O)CCC2CCNC2)c1. The Morgan fingerprint density at radius 3 is 2.95 bits per heavy atom. The van der Waals surface area contributed by atoms with Gasteiger partial charge in [0.2, 0.25) is 5.91 Å². The number of halogens is 2. The summed E-state index contributed by atoms with van der Waals surface area (Å²) in [5, 5.41) is 5.86. The molecular weight excluding hydrogens is 294 g/mol. The minimum absolute atomic E-state index is 0.0771. The van der Waals surface area contributed by atoms with Crippen LogP contribution < -0.4 is 20.1 Å². The number of hydrogen-bond donors (Lipinski definition) is 2. The lowest BCUT2D eigenvalue weighted by atomic mass is 10.0. The van der Waals surface area contributed by atoms with Crippen LogP contribution in [0.15, 0.2) is 18.2 Å². The monoisotopic (exact) mass is 314 g/mol. The van der Waals surface area contributed by atoms with E-state index < -0.39 is 6.61 Å². The van der Waals surface area contributed by atoms with Crippen LogP contribution in [-0.4, -0.2) is 32.7 Å². The van der Waals surface area contributed by atoms with E-state index in [1.54, 1.807) is 0 Å². The first-order chi connectivity index (χ1) is 10.6. The summed E-state index contributed by atoms with van der Waals surface area (Å²) in [6, 6.07) is 4.31. The molecule has 1 fully saturated rings. The van der Waals surface area contributed by atoms with Gasteiger partial charge >= 0.3 is 6.61 Å². The average molecular weight is 314 g/mol. The van der Waals surface area contributed by atoms with Crippen LogP contribution in [0.3, 0.4) is 0 Å². The van der Waals surface area contributed by atoms with E-state index in [2.05, 4.69) is 15.4 Å². The van der Waals surface area contributed by atoms with E-state index in [1.807, 2.05) is 0 Å². The van der Waals surface area contributed by atoms with Crippen LogP contribution in [0.25, 0.3) is 0 Å². The predicted octanol–water partition coefficient (Wildman–Crippen LogP) is 2.62. The van der Waals surface area contributed by atoms with Gasteiger partial charge in [-0.25, -0.2) is 0 Å². The maximum atomic E-state index is 12.4. The summed E-state index contributed by atoms with van der Waals surface area (Å²) < 4.78 is 34.2. The van der Waals surface area contributed by atoms with Crippen molar-refractivity contribution in [2.75, 3.05) is 25.5 Å². The van der Waals surface area contributed by atoms with Crippen LogP contribution in [0.5, 0.6) is 11.5 Å². The lowest BCUT2D eigenvalue weighted by Gasteiger charge is -2.14. The van der Waals surface area contributed by atoms with Gasteiger partial charge in [0, 0.05) is 12.5 Å². The number of rotatable bonds is 7. The van der Waals surface area contributed by atoms with E-state index in [0.717, 1.165) is 25.9 Å². The van der Waals surface area contributed by atoms with Crippen molar-refractivity contribution >= 4 is 11.6 Å². The maximum Gasteiger partial charge on any atom is 0.387 e. The molecule has 1 unspecified atom stereocenters. The summed E-state index contributed by atoms with van der Waals surface area (Å²) >= 11 is 0. The minimum Gasteiger partial charge on any atom is -0.497 e. The summed E-state index contributed by atoms with van der Waals surface area (Å²) in [7, 11) is 1.46. The van der Waals surface area contributed by atoms with E-state index in [0.29, 0.717) is 18.1 Å². The minimum atomic E-state index is -2.95. The molecule has 1 aromatic carbocycles. The number of methoxy groups -OCH3 is 1. The molecule has 2 rings (SSSR count). The molecule has 1 heterocycles. The molecule has 0 spiro atoms. The summed E-state index contributed by atoms with van der Waals surface area (Å²) in [5.41, 5.74) is 0.189. The van der Waals surface area contributed by atoms with Crippen molar-refractivity contribution in [1.82, 2.24) is 5.32 Å². The highest BCUT2D eigenvalue weighted by molar-refractivity contribution is 5.92. The van der Waals surface area contributed by atoms with Crippen molar-refractivity contribution in [3.05, 3.63) is 18.2 Å². The van der Waals surface area contributed by atoms with Gasteiger partial charge in [0.1, 0.15) is 11.5 Å². The first kappa shape index (κ1) is 16.5. The third-order valence-electron chi connectivity index (χ3n) is 3.62. The molecule has 0 bridgehead atoms. The second kappa shape index (κ2) is 7.93. The van der Waals surface area contributed by atoms with Crippen LogP contribution in [0.4, 0.5) is 14.5 Å². The molecule has 2 N–H and O–H groups in total. The Morgan fingerprint density at radius 2 is 2.32 bits per heavy atom. The second-order valence-electron chi connectivity index (χ2n) is 5.19.